The summed E-state index contributed by atoms with van der Waals surface area (Å²) in [7, 11) is 0. The van der Waals surface area contributed by atoms with E-state index in [1.165, 1.54) is 24.8 Å². The van der Waals surface area contributed by atoms with Gasteiger partial charge in [-0.1, -0.05) is 50.1 Å². The minimum absolute atomic E-state index is 0.908. The van der Waals surface area contributed by atoms with Crippen LogP contribution in [0.5, 0.6) is 0 Å². The molecule has 1 rings (SSSR count). The fourth-order valence-electron chi connectivity index (χ4n) is 1.86. The topological polar surface area (TPSA) is 36.4 Å². The summed E-state index contributed by atoms with van der Waals surface area (Å²) in [5, 5.41) is 6.67. The molecule has 3 heteroatoms. The highest BCUT2D eigenvalue weighted by Gasteiger charge is 1.97. The maximum absolute atomic E-state index is 4.58. The number of hydrogen-bond acceptors (Lipinski definition) is 1. The van der Waals surface area contributed by atoms with Crippen LogP contribution in [-0.2, 0) is 6.42 Å². The number of rotatable bonds is 8. The molecule has 0 radical (unpaired) electrons. The van der Waals surface area contributed by atoms with E-state index in [1.54, 1.807) is 0 Å². The summed E-state index contributed by atoms with van der Waals surface area (Å²) in [6.07, 6.45) is 4.70. The second kappa shape index (κ2) is 10.4. The van der Waals surface area contributed by atoms with Crippen molar-refractivity contribution in [2.45, 2.75) is 39.5 Å². The van der Waals surface area contributed by atoms with Gasteiger partial charge in [0.05, 0.1) is 0 Å². The molecule has 0 fully saturated rings. The lowest BCUT2D eigenvalue weighted by atomic mass is 10.1. The lowest BCUT2D eigenvalue weighted by Gasteiger charge is -2.11. The zero-order chi connectivity index (χ0) is 13.8. The van der Waals surface area contributed by atoms with E-state index in [4.69, 9.17) is 0 Å². The predicted octanol–water partition coefficient (Wildman–Crippen LogP) is 2.97. The van der Waals surface area contributed by atoms with Crippen molar-refractivity contribution in [1.82, 2.24) is 10.6 Å². The summed E-state index contributed by atoms with van der Waals surface area (Å²) in [5.74, 6) is 0.939. The fraction of sp³-hybridized carbons (Fsp3) is 0.562. The van der Waals surface area contributed by atoms with E-state index in [9.17, 15) is 0 Å². The van der Waals surface area contributed by atoms with Gasteiger partial charge in [-0.15, -0.1) is 0 Å². The minimum Gasteiger partial charge on any atom is -0.357 e. The Hall–Kier alpha value is -1.51. The molecule has 0 spiro atoms. The first kappa shape index (κ1) is 15.5. The molecule has 0 saturated heterocycles. The molecule has 1 aromatic carbocycles. The van der Waals surface area contributed by atoms with Crippen molar-refractivity contribution in [2.75, 3.05) is 19.6 Å². The summed E-state index contributed by atoms with van der Waals surface area (Å²) in [6, 6.07) is 10.5. The summed E-state index contributed by atoms with van der Waals surface area (Å²) >= 11 is 0. The Morgan fingerprint density at radius 3 is 2.53 bits per heavy atom. The van der Waals surface area contributed by atoms with Crippen LogP contribution in [0.2, 0.25) is 0 Å². The number of hydrogen-bond donors (Lipinski definition) is 2. The number of benzene rings is 1. The van der Waals surface area contributed by atoms with Crippen molar-refractivity contribution in [3.8, 4) is 0 Å². The lowest BCUT2D eigenvalue weighted by Crippen LogP contribution is -2.38. The Kier molecular flexibility index (Phi) is 8.52. The maximum Gasteiger partial charge on any atom is 0.191 e. The number of guanidine groups is 1. The highest BCUT2D eigenvalue weighted by atomic mass is 15.2. The monoisotopic (exact) mass is 261 g/mol. The van der Waals surface area contributed by atoms with Crippen LogP contribution < -0.4 is 10.6 Å². The Bertz CT molecular complexity index is 346. The third kappa shape index (κ3) is 7.50. The van der Waals surface area contributed by atoms with Crippen molar-refractivity contribution >= 4 is 5.96 Å². The Labute approximate surface area is 117 Å². The number of nitrogens with zero attached hydrogens (tertiary/aromatic N) is 1. The van der Waals surface area contributed by atoms with Crippen molar-refractivity contribution in [1.29, 1.82) is 0 Å². The van der Waals surface area contributed by atoms with Gasteiger partial charge in [-0.2, -0.15) is 0 Å². The van der Waals surface area contributed by atoms with Gasteiger partial charge in [-0.3, -0.25) is 4.99 Å². The molecule has 1 aromatic rings. The smallest absolute Gasteiger partial charge is 0.191 e. The van der Waals surface area contributed by atoms with E-state index in [0.717, 1.165) is 32.0 Å². The van der Waals surface area contributed by atoms with Crippen molar-refractivity contribution in [3.05, 3.63) is 35.9 Å². The molecule has 2 N–H and O–H groups in total. The SMILES string of the molecule is CCCCCN=C(NCC)NCCc1ccccc1. The van der Waals surface area contributed by atoms with Crippen LogP contribution in [0.1, 0.15) is 38.7 Å². The van der Waals surface area contributed by atoms with E-state index >= 15 is 0 Å². The zero-order valence-corrected chi connectivity index (χ0v) is 12.3. The van der Waals surface area contributed by atoms with Gasteiger partial charge >= 0.3 is 0 Å². The van der Waals surface area contributed by atoms with Crippen LogP contribution in [0, 0.1) is 0 Å². The highest BCUT2D eigenvalue weighted by molar-refractivity contribution is 5.79. The van der Waals surface area contributed by atoms with Gasteiger partial charge in [0.15, 0.2) is 5.96 Å². The normalized spacial score (nSPS) is 11.4. The molecular formula is C16H27N3. The van der Waals surface area contributed by atoms with Crippen molar-refractivity contribution < 1.29 is 0 Å². The molecule has 0 aliphatic heterocycles. The number of nitrogens with one attached hydrogen (secondary N) is 2. The van der Waals surface area contributed by atoms with E-state index < -0.39 is 0 Å². The first-order chi connectivity index (χ1) is 9.36. The quantitative estimate of drug-likeness (QED) is 0.429. The molecule has 0 aliphatic rings. The summed E-state index contributed by atoms with van der Waals surface area (Å²) in [5.41, 5.74) is 1.36. The molecule has 19 heavy (non-hydrogen) atoms. The first-order valence-corrected chi connectivity index (χ1v) is 7.43. The Balaban J connectivity index is 2.28. The van der Waals surface area contributed by atoms with E-state index in [2.05, 4.69) is 59.8 Å². The second-order valence-corrected chi connectivity index (χ2v) is 4.63. The standard InChI is InChI=1S/C16H27N3/c1-3-5-9-13-18-16(17-4-2)19-14-12-15-10-7-6-8-11-15/h6-8,10-11H,3-5,9,12-14H2,1-2H3,(H2,17,18,19). The molecule has 0 saturated carbocycles. The molecule has 3 nitrogen and oxygen atoms in total. The van der Waals surface area contributed by atoms with Gasteiger partial charge in [0.25, 0.3) is 0 Å². The van der Waals surface area contributed by atoms with Crippen LogP contribution in [0.4, 0.5) is 0 Å². The van der Waals surface area contributed by atoms with Gasteiger partial charge in [0.2, 0.25) is 0 Å². The maximum atomic E-state index is 4.58. The van der Waals surface area contributed by atoms with Gasteiger partial charge in [0, 0.05) is 19.6 Å². The van der Waals surface area contributed by atoms with Crippen LogP contribution in [0.3, 0.4) is 0 Å². The minimum atomic E-state index is 0.908. The number of unbranched alkanes of at least 4 members (excludes halogenated alkanes) is 2. The first-order valence-electron chi connectivity index (χ1n) is 7.43. The van der Waals surface area contributed by atoms with Gasteiger partial charge in [-0.25, -0.2) is 0 Å². The molecule has 0 bridgehead atoms. The molecule has 0 unspecified atom stereocenters. The highest BCUT2D eigenvalue weighted by Crippen LogP contribution is 1.98. The van der Waals surface area contributed by atoms with Crippen molar-refractivity contribution in [2.24, 2.45) is 4.99 Å². The Morgan fingerprint density at radius 2 is 1.84 bits per heavy atom. The van der Waals surface area contributed by atoms with Crippen LogP contribution in [0.15, 0.2) is 35.3 Å². The molecule has 106 valence electrons. The summed E-state index contributed by atoms with van der Waals surface area (Å²) < 4.78 is 0. The third-order valence-corrected chi connectivity index (χ3v) is 2.92. The molecule has 0 aliphatic carbocycles. The Morgan fingerprint density at radius 1 is 1.05 bits per heavy atom. The zero-order valence-electron chi connectivity index (χ0n) is 12.3. The van der Waals surface area contributed by atoms with Gasteiger partial charge in [-0.05, 0) is 25.3 Å². The molecule has 0 atom stereocenters. The van der Waals surface area contributed by atoms with E-state index in [-0.39, 0.29) is 0 Å². The lowest BCUT2D eigenvalue weighted by molar-refractivity contribution is 0.716. The molecular weight excluding hydrogens is 234 g/mol. The van der Waals surface area contributed by atoms with Crippen molar-refractivity contribution in [3.63, 3.8) is 0 Å². The molecule has 0 amide bonds. The van der Waals surface area contributed by atoms with Gasteiger partial charge in [0.1, 0.15) is 0 Å². The van der Waals surface area contributed by atoms with Crippen LogP contribution in [-0.4, -0.2) is 25.6 Å². The third-order valence-electron chi connectivity index (χ3n) is 2.92. The fourth-order valence-corrected chi connectivity index (χ4v) is 1.86. The summed E-state index contributed by atoms with van der Waals surface area (Å²) in [4.78, 5) is 4.58. The van der Waals surface area contributed by atoms with Crippen LogP contribution in [0.25, 0.3) is 0 Å². The average molecular weight is 261 g/mol. The van der Waals surface area contributed by atoms with Crippen LogP contribution >= 0.6 is 0 Å². The van der Waals surface area contributed by atoms with E-state index in [0.29, 0.717) is 0 Å². The van der Waals surface area contributed by atoms with Gasteiger partial charge < -0.3 is 10.6 Å². The second-order valence-electron chi connectivity index (χ2n) is 4.63. The largest absolute Gasteiger partial charge is 0.357 e. The average Bonchev–Trinajstić information content (AvgIpc) is 2.44. The molecule has 0 aromatic heterocycles. The summed E-state index contributed by atoms with van der Waals surface area (Å²) in [6.45, 7) is 7.05. The number of aliphatic imine (C=N–C) groups is 1. The predicted molar refractivity (Wildman–Crippen MR) is 83.7 cm³/mol. The molecule has 0 heterocycles. The van der Waals surface area contributed by atoms with E-state index in [1.807, 2.05) is 0 Å².